The molecule has 4 aromatic carbocycles. The lowest BCUT2D eigenvalue weighted by atomic mass is 9.89. The van der Waals surface area contributed by atoms with Gasteiger partial charge in [-0.1, -0.05) is 66.4 Å². The summed E-state index contributed by atoms with van der Waals surface area (Å²) >= 11 is 0.843. The number of nitrogens with one attached hydrogen (secondary N) is 2. The lowest BCUT2D eigenvalue weighted by Crippen LogP contribution is -2.66. The van der Waals surface area contributed by atoms with E-state index in [0.29, 0.717) is 15.8 Å². The molecule has 0 aromatic heterocycles. The number of nitrogens with zero attached hydrogens (tertiary/aromatic N) is 1. The van der Waals surface area contributed by atoms with Crippen molar-refractivity contribution < 1.29 is 47.9 Å². The predicted octanol–water partition coefficient (Wildman–Crippen LogP) is 2.61. The van der Waals surface area contributed by atoms with Gasteiger partial charge in [0.05, 0.1) is 23.6 Å². The van der Waals surface area contributed by atoms with Crippen LogP contribution in [0.2, 0.25) is 0 Å². The van der Waals surface area contributed by atoms with E-state index in [1.165, 1.54) is 25.1 Å². The number of fused-ring (bicyclic) bond motifs is 1. The van der Waals surface area contributed by atoms with Gasteiger partial charge in [0.1, 0.15) is 24.9 Å². The van der Waals surface area contributed by atoms with Crippen molar-refractivity contribution in [1.82, 2.24) is 5.32 Å². The lowest BCUT2D eigenvalue weighted by Gasteiger charge is -2.47. The first-order chi connectivity index (χ1) is 24.2. The summed E-state index contributed by atoms with van der Waals surface area (Å²) in [6, 6.07) is 24.2. The summed E-state index contributed by atoms with van der Waals surface area (Å²) in [4.78, 5) is 26.3. The van der Waals surface area contributed by atoms with Gasteiger partial charge in [-0.05, 0) is 42.0 Å². The van der Waals surface area contributed by atoms with Crippen LogP contribution < -0.4 is 14.9 Å². The Balaban J connectivity index is 1.44. The van der Waals surface area contributed by atoms with Gasteiger partial charge in [0.2, 0.25) is 10.8 Å². The van der Waals surface area contributed by atoms with Crippen molar-refractivity contribution in [2.45, 2.75) is 65.1 Å². The fourth-order valence-electron chi connectivity index (χ4n) is 5.94. The van der Waals surface area contributed by atoms with Crippen molar-refractivity contribution in [3.8, 4) is 0 Å². The third-order valence-corrected chi connectivity index (χ3v) is 11.1. The third kappa shape index (κ3) is 8.64. The number of aliphatic hydroxyl groups excluding tert-OH is 4. The van der Waals surface area contributed by atoms with Crippen molar-refractivity contribution in [2.24, 2.45) is 0 Å². The number of esters is 1. The van der Waals surface area contributed by atoms with Gasteiger partial charge in [-0.2, -0.15) is 0 Å². The van der Waals surface area contributed by atoms with Crippen molar-refractivity contribution in [3.05, 3.63) is 96.6 Å². The molecule has 6 N–H and O–H groups in total. The number of carbonyl (C=O) groups is 2. The Morgan fingerprint density at radius 2 is 1.65 bits per heavy atom. The molecule has 51 heavy (non-hydrogen) atoms. The first kappa shape index (κ1) is 38.0. The van der Waals surface area contributed by atoms with E-state index in [4.69, 9.17) is 9.47 Å². The Hall–Kier alpha value is -4.22. The number of rotatable bonds is 13. The molecule has 0 saturated carbocycles. The molecule has 1 heterocycles. The van der Waals surface area contributed by atoms with Crippen molar-refractivity contribution in [3.63, 3.8) is 0 Å². The molecule has 1 aliphatic rings. The second kappa shape index (κ2) is 16.0. The number of aliphatic hydroxyl groups is 4. The number of benzene rings is 4. The fourth-order valence-corrected chi connectivity index (χ4v) is 8.43. The van der Waals surface area contributed by atoms with Gasteiger partial charge in [-0.25, -0.2) is 13.2 Å². The molecule has 0 unspecified atom stereocenters. The minimum Gasteiger partial charge on any atom is -0.458 e. The van der Waals surface area contributed by atoms with Crippen LogP contribution in [0.5, 0.6) is 0 Å². The zero-order chi connectivity index (χ0) is 36.9. The summed E-state index contributed by atoms with van der Waals surface area (Å²) in [5.41, 5.74) is 1.77. The molecule has 0 aliphatic carbocycles. The predicted molar refractivity (Wildman–Crippen MR) is 193 cm³/mol. The van der Waals surface area contributed by atoms with Crippen LogP contribution in [0.15, 0.2) is 101 Å². The average Bonchev–Trinajstić information content (AvgIpc) is 3.11. The number of hydrogen-bond acceptors (Lipinski definition) is 12. The zero-order valence-electron chi connectivity index (χ0n) is 28.2. The van der Waals surface area contributed by atoms with Crippen LogP contribution in [-0.4, -0.2) is 96.8 Å². The van der Waals surface area contributed by atoms with E-state index in [9.17, 15) is 38.4 Å². The molecular formula is C36H41N3O10S2. The van der Waals surface area contributed by atoms with Crippen LogP contribution in [0.4, 0.5) is 11.4 Å². The quantitative estimate of drug-likeness (QED) is 0.110. The summed E-state index contributed by atoms with van der Waals surface area (Å²) in [7, 11) is -0.292. The maximum Gasteiger partial charge on any atom is 0.349 e. The molecule has 1 saturated heterocycles. The fraction of sp³-hybridized carbons (Fsp3) is 0.333. The highest BCUT2D eigenvalue weighted by Gasteiger charge is 2.56. The number of anilines is 2. The van der Waals surface area contributed by atoms with Gasteiger partial charge in [0.25, 0.3) is 10.0 Å². The first-order valence-corrected chi connectivity index (χ1v) is 18.4. The standard InChI is InChI=1S/C36H41N3O10S2/c1-22(41)37-32-29(42)19-36(49-34(32)33(44)30(43)20-40,35(45)48-21-23-9-5-4-6-10-23)50-25-17-15-24(16-18-25)38-51(46,47)31-14-8-11-26-27(31)12-7-13-28(26)39(2)3/h4-18,29-30,32-34,38,40,42-44H,19-21H2,1-3H3,(H,37,41)/t29-,30+,32+,33+,34+,36-/m0/s1. The molecule has 13 nitrogen and oxygen atoms in total. The summed E-state index contributed by atoms with van der Waals surface area (Å²) in [5, 5.41) is 45.9. The summed E-state index contributed by atoms with van der Waals surface area (Å²) in [6.07, 6.45) is -6.99. The average molecular weight is 740 g/mol. The lowest BCUT2D eigenvalue weighted by molar-refractivity contribution is -0.209. The topological polar surface area (TPSA) is 195 Å². The number of ether oxygens (including phenoxy) is 2. The minimum atomic E-state index is -4.05. The molecule has 0 radical (unpaired) electrons. The van der Waals surface area contributed by atoms with Gasteiger partial charge in [-0.3, -0.25) is 9.52 Å². The van der Waals surface area contributed by atoms with Crippen LogP contribution in [0, 0.1) is 0 Å². The first-order valence-electron chi connectivity index (χ1n) is 16.1. The van der Waals surface area contributed by atoms with Crippen LogP contribution in [-0.2, 0) is 35.7 Å². The van der Waals surface area contributed by atoms with E-state index in [0.717, 1.165) is 22.8 Å². The van der Waals surface area contributed by atoms with E-state index in [1.807, 2.05) is 31.1 Å². The van der Waals surface area contributed by atoms with Crippen molar-refractivity contribution >= 4 is 55.8 Å². The molecule has 6 atom stereocenters. The maximum absolute atomic E-state index is 13.9. The molecule has 5 rings (SSSR count). The molecule has 15 heteroatoms. The number of carbonyl (C=O) groups excluding carboxylic acids is 2. The molecule has 1 amide bonds. The summed E-state index contributed by atoms with van der Waals surface area (Å²) in [5.74, 6) is -1.48. The number of sulfonamides is 1. The van der Waals surface area contributed by atoms with Gasteiger partial charge in [-0.15, -0.1) is 0 Å². The van der Waals surface area contributed by atoms with E-state index in [-0.39, 0.29) is 17.2 Å². The Kier molecular flexibility index (Phi) is 11.9. The van der Waals surface area contributed by atoms with E-state index in [1.54, 1.807) is 60.7 Å². The second-order valence-corrected chi connectivity index (χ2v) is 15.4. The highest BCUT2D eigenvalue weighted by Crippen LogP contribution is 2.45. The van der Waals surface area contributed by atoms with Gasteiger partial charge in [0.15, 0.2) is 0 Å². The molecular weight excluding hydrogens is 699 g/mol. The Labute approximate surface area is 300 Å². The number of thioether (sulfide) groups is 1. The third-order valence-electron chi connectivity index (χ3n) is 8.40. The smallest absolute Gasteiger partial charge is 0.349 e. The molecule has 1 aliphatic heterocycles. The number of amides is 1. The van der Waals surface area contributed by atoms with E-state index in [2.05, 4.69) is 10.0 Å². The zero-order valence-corrected chi connectivity index (χ0v) is 29.8. The van der Waals surface area contributed by atoms with Gasteiger partial charge < -0.3 is 40.1 Å². The number of hydrogen-bond donors (Lipinski definition) is 6. The normalized spacial score (nSPS) is 21.7. The van der Waals surface area contributed by atoms with Gasteiger partial charge >= 0.3 is 5.97 Å². The van der Waals surface area contributed by atoms with E-state index >= 15 is 0 Å². The van der Waals surface area contributed by atoms with E-state index < -0.39 is 70.3 Å². The Bertz CT molecular complexity index is 1950. The minimum absolute atomic E-state index is 0.0928. The molecule has 0 spiro atoms. The summed E-state index contributed by atoms with van der Waals surface area (Å²) < 4.78 is 41.7. The summed E-state index contributed by atoms with van der Waals surface area (Å²) in [6.45, 7) is 0.184. The van der Waals surface area contributed by atoms with Crippen LogP contribution in [0.25, 0.3) is 10.8 Å². The van der Waals surface area contributed by atoms with Crippen molar-refractivity contribution in [1.29, 1.82) is 0 Å². The second-order valence-electron chi connectivity index (χ2n) is 12.4. The highest BCUT2D eigenvalue weighted by molar-refractivity contribution is 8.01. The molecule has 1 fully saturated rings. The largest absolute Gasteiger partial charge is 0.458 e. The SMILES string of the molecule is CC(=O)N[C@H]1[C@H]([C@H](O)[C@H](O)CO)O[C@@](Sc2ccc(NS(=O)(=O)c3cccc4c(N(C)C)cccc34)cc2)(C(=O)OCc2ccccc2)C[C@@H]1O. The highest BCUT2D eigenvalue weighted by atomic mass is 32.2. The van der Waals surface area contributed by atoms with Crippen LogP contribution in [0.3, 0.4) is 0 Å². The monoisotopic (exact) mass is 739 g/mol. The van der Waals surface area contributed by atoms with Crippen LogP contribution in [0.1, 0.15) is 18.9 Å². The van der Waals surface area contributed by atoms with Crippen LogP contribution >= 0.6 is 11.8 Å². The molecule has 0 bridgehead atoms. The Morgan fingerprint density at radius 1 is 0.980 bits per heavy atom. The molecule has 4 aromatic rings. The maximum atomic E-state index is 13.9. The molecule has 272 valence electrons. The Morgan fingerprint density at radius 3 is 2.29 bits per heavy atom. The van der Waals surface area contributed by atoms with Gasteiger partial charge in [0, 0.05) is 54.5 Å². The van der Waals surface area contributed by atoms with Crippen molar-refractivity contribution in [2.75, 3.05) is 30.3 Å².